The second-order valence-corrected chi connectivity index (χ2v) is 7.20. The van der Waals surface area contributed by atoms with Crippen molar-refractivity contribution in [3.63, 3.8) is 0 Å². The number of hydrogen-bond acceptors (Lipinski definition) is 3. The van der Waals surface area contributed by atoms with Gasteiger partial charge in [0.15, 0.2) is 0 Å². The molecule has 0 unspecified atom stereocenters. The van der Waals surface area contributed by atoms with Gasteiger partial charge in [0, 0.05) is 22.5 Å². The fraction of sp³-hybridized carbons (Fsp3) is 0.0870. The summed E-state index contributed by atoms with van der Waals surface area (Å²) in [5, 5.41) is 3.93. The van der Waals surface area contributed by atoms with Crippen LogP contribution in [0.1, 0.15) is 5.56 Å². The maximum atomic E-state index is 13.0. The first-order valence-electron chi connectivity index (χ1n) is 9.28. The molecule has 5 nitrogen and oxygen atoms in total. The molecule has 0 saturated heterocycles. The molecule has 4 rings (SSSR count). The van der Waals surface area contributed by atoms with Gasteiger partial charge < -0.3 is 5.32 Å². The minimum Gasteiger partial charge on any atom is -0.350 e. The summed E-state index contributed by atoms with van der Waals surface area (Å²) in [4.78, 5) is 29.4. The van der Waals surface area contributed by atoms with E-state index in [0.29, 0.717) is 21.6 Å². The van der Waals surface area contributed by atoms with Crippen molar-refractivity contribution in [3.8, 4) is 11.3 Å². The normalized spacial score (nSPS) is 10.9. The number of nitrogens with one attached hydrogen (secondary N) is 1. The molecule has 0 atom stereocenters. The standard InChI is InChI=1S/C23H17ClFN3O2/c24-17-8-11-20-19(12-17)22(16-4-2-1-3-5-16)27-23(30)28(20)14-21(29)26-13-15-6-9-18(25)10-7-15/h1-12H,13-14H2,(H,26,29). The molecule has 0 aliphatic rings. The number of hydrogen-bond donors (Lipinski definition) is 1. The highest BCUT2D eigenvalue weighted by atomic mass is 35.5. The van der Waals surface area contributed by atoms with E-state index in [1.54, 1.807) is 30.3 Å². The molecule has 150 valence electrons. The Balaban J connectivity index is 1.66. The van der Waals surface area contributed by atoms with E-state index in [0.717, 1.165) is 11.1 Å². The summed E-state index contributed by atoms with van der Waals surface area (Å²) in [6.45, 7) is 0.0351. The van der Waals surface area contributed by atoms with Crippen LogP contribution in [-0.4, -0.2) is 15.5 Å². The van der Waals surface area contributed by atoms with E-state index in [1.165, 1.54) is 16.7 Å². The van der Waals surface area contributed by atoms with Gasteiger partial charge in [-0.15, -0.1) is 0 Å². The Hall–Kier alpha value is -3.51. The topological polar surface area (TPSA) is 64.0 Å². The van der Waals surface area contributed by atoms with Crippen molar-refractivity contribution in [1.82, 2.24) is 14.9 Å². The van der Waals surface area contributed by atoms with Crippen molar-refractivity contribution in [2.75, 3.05) is 0 Å². The summed E-state index contributed by atoms with van der Waals surface area (Å²) >= 11 is 6.18. The second-order valence-electron chi connectivity index (χ2n) is 6.76. The number of carbonyl (C=O) groups excluding carboxylic acids is 1. The highest BCUT2D eigenvalue weighted by Crippen LogP contribution is 2.27. The van der Waals surface area contributed by atoms with E-state index in [2.05, 4.69) is 10.3 Å². The fourth-order valence-electron chi connectivity index (χ4n) is 3.22. The lowest BCUT2D eigenvalue weighted by atomic mass is 10.1. The third kappa shape index (κ3) is 4.23. The van der Waals surface area contributed by atoms with E-state index in [-0.39, 0.29) is 24.8 Å². The van der Waals surface area contributed by atoms with Crippen molar-refractivity contribution < 1.29 is 9.18 Å². The number of halogens is 2. The zero-order valence-electron chi connectivity index (χ0n) is 15.8. The molecule has 4 aromatic rings. The molecule has 1 N–H and O–H groups in total. The molecule has 1 heterocycles. The van der Waals surface area contributed by atoms with Gasteiger partial charge >= 0.3 is 5.69 Å². The number of carbonyl (C=O) groups is 1. The van der Waals surface area contributed by atoms with Crippen LogP contribution in [0.4, 0.5) is 4.39 Å². The number of benzene rings is 3. The molecule has 0 aliphatic heterocycles. The molecule has 0 fully saturated rings. The first-order valence-corrected chi connectivity index (χ1v) is 9.66. The summed E-state index contributed by atoms with van der Waals surface area (Å²) in [7, 11) is 0. The first kappa shape index (κ1) is 19.8. The molecule has 0 saturated carbocycles. The molecule has 0 bridgehead atoms. The average Bonchev–Trinajstić information content (AvgIpc) is 2.75. The van der Waals surface area contributed by atoms with E-state index in [4.69, 9.17) is 11.6 Å². The third-order valence-electron chi connectivity index (χ3n) is 4.69. The van der Waals surface area contributed by atoms with Gasteiger partial charge in [0.25, 0.3) is 0 Å². The number of fused-ring (bicyclic) bond motifs is 1. The summed E-state index contributed by atoms with van der Waals surface area (Å²) in [6, 6.07) is 20.3. The number of aromatic nitrogens is 2. The quantitative estimate of drug-likeness (QED) is 0.526. The van der Waals surface area contributed by atoms with Gasteiger partial charge in [-0.05, 0) is 35.9 Å². The van der Waals surface area contributed by atoms with Crippen molar-refractivity contribution in [2.24, 2.45) is 0 Å². The summed E-state index contributed by atoms with van der Waals surface area (Å²) in [6.07, 6.45) is 0. The molecular formula is C23H17ClFN3O2. The van der Waals surface area contributed by atoms with Crippen LogP contribution in [0, 0.1) is 5.82 Å². The summed E-state index contributed by atoms with van der Waals surface area (Å²) in [5.74, 6) is -0.696. The van der Waals surface area contributed by atoms with Crippen molar-refractivity contribution in [2.45, 2.75) is 13.1 Å². The predicted octanol–water partition coefficient (Wildman–Crippen LogP) is 4.17. The maximum Gasteiger partial charge on any atom is 0.349 e. The lowest BCUT2D eigenvalue weighted by molar-refractivity contribution is -0.121. The van der Waals surface area contributed by atoms with Crippen LogP contribution in [0.25, 0.3) is 22.2 Å². The Morgan fingerprint density at radius 1 is 1.03 bits per heavy atom. The average molecular weight is 422 g/mol. The van der Waals surface area contributed by atoms with Crippen LogP contribution in [0.15, 0.2) is 77.6 Å². The minimum absolute atomic E-state index is 0.194. The van der Waals surface area contributed by atoms with E-state index < -0.39 is 5.69 Å². The molecule has 0 spiro atoms. The molecule has 0 radical (unpaired) electrons. The van der Waals surface area contributed by atoms with E-state index in [9.17, 15) is 14.0 Å². The monoisotopic (exact) mass is 421 g/mol. The molecule has 7 heteroatoms. The van der Waals surface area contributed by atoms with Crippen LogP contribution in [0.5, 0.6) is 0 Å². The van der Waals surface area contributed by atoms with E-state index in [1.807, 2.05) is 30.3 Å². The van der Waals surface area contributed by atoms with E-state index >= 15 is 0 Å². The largest absolute Gasteiger partial charge is 0.350 e. The van der Waals surface area contributed by atoms with Gasteiger partial charge in [0.1, 0.15) is 12.4 Å². The Morgan fingerprint density at radius 3 is 2.50 bits per heavy atom. The Kier molecular flexibility index (Phi) is 5.59. The van der Waals surface area contributed by atoms with Gasteiger partial charge in [0.2, 0.25) is 5.91 Å². The van der Waals surface area contributed by atoms with Gasteiger partial charge in [0.05, 0.1) is 11.2 Å². The molecule has 30 heavy (non-hydrogen) atoms. The maximum absolute atomic E-state index is 13.0. The van der Waals surface area contributed by atoms with Crippen molar-refractivity contribution in [1.29, 1.82) is 0 Å². The van der Waals surface area contributed by atoms with Crippen molar-refractivity contribution in [3.05, 3.63) is 99.7 Å². The molecule has 0 aliphatic carbocycles. The minimum atomic E-state index is -0.527. The van der Waals surface area contributed by atoms with Gasteiger partial charge in [-0.3, -0.25) is 9.36 Å². The Bertz CT molecular complexity index is 1270. The van der Waals surface area contributed by atoms with Crippen LogP contribution in [-0.2, 0) is 17.9 Å². The summed E-state index contributed by atoms with van der Waals surface area (Å²) in [5.41, 5.74) is 2.10. The SMILES string of the molecule is O=C(Cn1c(=O)nc(-c2ccccc2)c2cc(Cl)ccc21)NCc1ccc(F)cc1. The summed E-state index contributed by atoms with van der Waals surface area (Å²) < 4.78 is 14.3. The lowest BCUT2D eigenvalue weighted by Gasteiger charge is -2.13. The molecule has 1 amide bonds. The number of nitrogens with zero attached hydrogens (tertiary/aromatic N) is 2. The molecule has 3 aromatic carbocycles. The zero-order valence-corrected chi connectivity index (χ0v) is 16.6. The van der Waals surface area contributed by atoms with Crippen molar-refractivity contribution >= 4 is 28.4 Å². The van der Waals surface area contributed by atoms with Crippen LogP contribution >= 0.6 is 11.6 Å². The van der Waals surface area contributed by atoms with Crippen LogP contribution in [0.2, 0.25) is 5.02 Å². The molecule has 1 aromatic heterocycles. The van der Waals surface area contributed by atoms with Gasteiger partial charge in [-0.1, -0.05) is 54.1 Å². The first-order chi connectivity index (χ1) is 14.5. The highest BCUT2D eigenvalue weighted by molar-refractivity contribution is 6.31. The Morgan fingerprint density at radius 2 is 1.77 bits per heavy atom. The fourth-order valence-corrected chi connectivity index (χ4v) is 3.40. The highest BCUT2D eigenvalue weighted by Gasteiger charge is 2.15. The smallest absolute Gasteiger partial charge is 0.349 e. The lowest BCUT2D eigenvalue weighted by Crippen LogP contribution is -2.33. The predicted molar refractivity (Wildman–Crippen MR) is 115 cm³/mol. The molecular weight excluding hydrogens is 405 g/mol. The Labute approximate surface area is 176 Å². The second kappa shape index (κ2) is 8.47. The number of rotatable bonds is 5. The van der Waals surface area contributed by atoms with Crippen LogP contribution in [0.3, 0.4) is 0 Å². The number of amides is 1. The third-order valence-corrected chi connectivity index (χ3v) is 4.93. The zero-order chi connectivity index (χ0) is 21.1. The van der Waals surface area contributed by atoms with Gasteiger partial charge in [-0.2, -0.15) is 4.98 Å². The van der Waals surface area contributed by atoms with Crippen LogP contribution < -0.4 is 11.0 Å². The van der Waals surface area contributed by atoms with Gasteiger partial charge in [-0.25, -0.2) is 9.18 Å².